The Morgan fingerprint density at radius 2 is 1.80 bits per heavy atom. The van der Waals surface area contributed by atoms with E-state index in [-0.39, 0.29) is 11.9 Å². The van der Waals surface area contributed by atoms with Gasteiger partial charge in [-0.3, -0.25) is 14.0 Å². The van der Waals surface area contributed by atoms with E-state index < -0.39 is 10.0 Å². The highest BCUT2D eigenvalue weighted by molar-refractivity contribution is 7.92. The number of amides is 1. The Morgan fingerprint density at radius 3 is 2.43 bits per heavy atom. The number of sulfonamides is 1. The molecule has 7 heteroatoms. The summed E-state index contributed by atoms with van der Waals surface area (Å²) in [5.41, 5.74) is 4.44. The number of nitrogens with zero attached hydrogens (tertiary/aromatic N) is 2. The fourth-order valence-electron chi connectivity index (χ4n) is 4.10. The van der Waals surface area contributed by atoms with Crippen LogP contribution in [0.1, 0.15) is 47.8 Å². The molecule has 1 heterocycles. The molecule has 1 aliphatic heterocycles. The molecular weight excluding hydrogens is 398 g/mol. The van der Waals surface area contributed by atoms with Crippen molar-refractivity contribution in [2.45, 2.75) is 46.3 Å². The molecule has 0 aliphatic carbocycles. The van der Waals surface area contributed by atoms with Gasteiger partial charge in [-0.25, -0.2) is 8.42 Å². The van der Waals surface area contributed by atoms with Crippen molar-refractivity contribution in [2.75, 3.05) is 23.7 Å². The zero-order valence-electron chi connectivity index (χ0n) is 18.2. The van der Waals surface area contributed by atoms with Crippen LogP contribution in [-0.2, 0) is 29.5 Å². The van der Waals surface area contributed by atoms with Crippen molar-refractivity contribution in [3.8, 4) is 0 Å². The van der Waals surface area contributed by atoms with Crippen molar-refractivity contribution in [2.24, 2.45) is 0 Å². The molecule has 0 bridgehead atoms. The first-order chi connectivity index (χ1) is 14.2. The summed E-state index contributed by atoms with van der Waals surface area (Å²) in [6, 6.07) is 13.3. The van der Waals surface area contributed by atoms with Crippen LogP contribution in [0, 0.1) is 0 Å². The Hall–Kier alpha value is -2.38. The maximum atomic E-state index is 12.8. The fourth-order valence-corrected chi connectivity index (χ4v) is 5.36. The van der Waals surface area contributed by atoms with Crippen LogP contribution in [0.2, 0.25) is 0 Å². The molecule has 0 saturated carbocycles. The summed E-state index contributed by atoms with van der Waals surface area (Å²) in [5.74, 6) is -0.152. The second-order valence-corrected chi connectivity index (χ2v) is 9.73. The number of benzene rings is 2. The van der Waals surface area contributed by atoms with Crippen LogP contribution >= 0.6 is 0 Å². The molecule has 0 radical (unpaired) electrons. The van der Waals surface area contributed by atoms with Gasteiger partial charge in [-0.15, -0.1) is 0 Å². The predicted octanol–water partition coefficient (Wildman–Crippen LogP) is 3.17. The second kappa shape index (κ2) is 9.18. The topological polar surface area (TPSA) is 69.7 Å². The van der Waals surface area contributed by atoms with E-state index in [0.717, 1.165) is 30.8 Å². The Labute approximate surface area is 179 Å². The van der Waals surface area contributed by atoms with Crippen LogP contribution in [0.3, 0.4) is 0 Å². The molecule has 0 saturated heterocycles. The highest BCUT2D eigenvalue weighted by Gasteiger charge is 2.32. The summed E-state index contributed by atoms with van der Waals surface area (Å²) in [4.78, 5) is 15.1. The predicted molar refractivity (Wildman–Crippen MR) is 121 cm³/mol. The largest absolute Gasteiger partial charge is 0.348 e. The van der Waals surface area contributed by atoms with Gasteiger partial charge in [0, 0.05) is 24.7 Å². The van der Waals surface area contributed by atoms with E-state index in [2.05, 4.69) is 30.1 Å². The SMILES string of the molecule is CCN(CC)Cc1ccccc1CNC(=O)c1ccc2c(c1)C[C@H](C)N2S(C)(=O)=O. The van der Waals surface area contributed by atoms with Crippen molar-refractivity contribution in [1.82, 2.24) is 10.2 Å². The van der Waals surface area contributed by atoms with Gasteiger partial charge in [0.1, 0.15) is 0 Å². The molecular formula is C23H31N3O3S. The number of carbonyl (C=O) groups is 1. The van der Waals surface area contributed by atoms with Crippen molar-refractivity contribution in [3.63, 3.8) is 0 Å². The highest BCUT2D eigenvalue weighted by Crippen LogP contribution is 2.34. The number of fused-ring (bicyclic) bond motifs is 1. The summed E-state index contributed by atoms with van der Waals surface area (Å²) in [6.45, 7) is 9.45. The first-order valence-electron chi connectivity index (χ1n) is 10.4. The van der Waals surface area contributed by atoms with Crippen molar-refractivity contribution < 1.29 is 13.2 Å². The van der Waals surface area contributed by atoms with E-state index in [1.54, 1.807) is 12.1 Å². The molecule has 0 fully saturated rings. The maximum absolute atomic E-state index is 12.8. The molecule has 2 aromatic carbocycles. The summed E-state index contributed by atoms with van der Waals surface area (Å²) in [7, 11) is -3.33. The monoisotopic (exact) mass is 429 g/mol. The molecule has 30 heavy (non-hydrogen) atoms. The van der Waals surface area contributed by atoms with Gasteiger partial charge in [-0.2, -0.15) is 0 Å². The third kappa shape index (κ3) is 4.84. The molecule has 0 aromatic heterocycles. The normalized spacial score (nSPS) is 16.0. The smallest absolute Gasteiger partial charge is 0.251 e. The lowest BCUT2D eigenvalue weighted by Gasteiger charge is -2.22. The zero-order chi connectivity index (χ0) is 21.9. The molecule has 1 N–H and O–H groups in total. The number of rotatable bonds is 8. The first kappa shape index (κ1) is 22.3. The summed E-state index contributed by atoms with van der Waals surface area (Å²) >= 11 is 0. The van der Waals surface area contributed by atoms with Gasteiger partial charge in [-0.1, -0.05) is 38.1 Å². The minimum atomic E-state index is -3.33. The lowest BCUT2D eigenvalue weighted by molar-refractivity contribution is 0.0950. The van der Waals surface area contributed by atoms with Gasteiger partial charge in [0.05, 0.1) is 11.9 Å². The zero-order valence-corrected chi connectivity index (χ0v) is 19.0. The number of hydrogen-bond acceptors (Lipinski definition) is 4. The average molecular weight is 430 g/mol. The van der Waals surface area contributed by atoms with Crippen molar-refractivity contribution >= 4 is 21.6 Å². The molecule has 3 rings (SSSR count). The lowest BCUT2D eigenvalue weighted by Crippen LogP contribution is -2.34. The molecule has 6 nitrogen and oxygen atoms in total. The first-order valence-corrected chi connectivity index (χ1v) is 12.3. The van der Waals surface area contributed by atoms with Crippen LogP contribution in [0.5, 0.6) is 0 Å². The van der Waals surface area contributed by atoms with Crippen molar-refractivity contribution in [1.29, 1.82) is 0 Å². The number of anilines is 1. The van der Waals surface area contributed by atoms with Crippen LogP contribution in [0.4, 0.5) is 5.69 Å². The van der Waals surface area contributed by atoms with Gasteiger partial charge in [0.25, 0.3) is 5.91 Å². The van der Waals surface area contributed by atoms with Gasteiger partial charge in [0.2, 0.25) is 10.0 Å². The number of carbonyl (C=O) groups excluding carboxylic acids is 1. The van der Waals surface area contributed by atoms with Crippen LogP contribution in [0.25, 0.3) is 0 Å². The van der Waals surface area contributed by atoms with E-state index >= 15 is 0 Å². The minimum absolute atomic E-state index is 0.139. The molecule has 1 atom stereocenters. The lowest BCUT2D eigenvalue weighted by atomic mass is 10.1. The van der Waals surface area contributed by atoms with Gasteiger partial charge in [0.15, 0.2) is 0 Å². The van der Waals surface area contributed by atoms with Crippen LogP contribution < -0.4 is 9.62 Å². The van der Waals surface area contributed by atoms with E-state index in [1.807, 2.05) is 31.2 Å². The second-order valence-electron chi connectivity index (χ2n) is 7.87. The molecule has 0 unspecified atom stereocenters. The molecule has 1 amide bonds. The molecule has 0 spiro atoms. The fraction of sp³-hybridized carbons (Fsp3) is 0.435. The number of hydrogen-bond donors (Lipinski definition) is 1. The molecule has 2 aromatic rings. The van der Waals surface area contributed by atoms with Gasteiger partial charge >= 0.3 is 0 Å². The summed E-state index contributed by atoms with van der Waals surface area (Å²) < 4.78 is 25.6. The quantitative estimate of drug-likeness (QED) is 0.700. The molecule has 162 valence electrons. The van der Waals surface area contributed by atoms with Gasteiger partial charge in [-0.05, 0) is 61.3 Å². The summed E-state index contributed by atoms with van der Waals surface area (Å²) in [6.07, 6.45) is 1.82. The Bertz CT molecular complexity index is 1020. The van der Waals surface area contributed by atoms with Crippen LogP contribution in [0.15, 0.2) is 42.5 Å². The molecule has 1 aliphatic rings. The van der Waals surface area contributed by atoms with Crippen molar-refractivity contribution in [3.05, 3.63) is 64.7 Å². The highest BCUT2D eigenvalue weighted by atomic mass is 32.2. The van der Waals surface area contributed by atoms with Crippen LogP contribution in [-0.4, -0.2) is 44.6 Å². The minimum Gasteiger partial charge on any atom is -0.348 e. The third-order valence-corrected chi connectivity index (χ3v) is 6.97. The Morgan fingerprint density at radius 1 is 1.13 bits per heavy atom. The Kier molecular flexibility index (Phi) is 6.83. The average Bonchev–Trinajstić information content (AvgIpc) is 3.06. The standard InChI is InChI=1S/C23H31N3O3S/c1-5-25(6-2)16-20-10-8-7-9-19(20)15-24-23(27)18-11-12-22-21(14-18)13-17(3)26(22)30(4,28)29/h7-12,14,17H,5-6,13,15-16H2,1-4H3,(H,24,27)/t17-/m0/s1. The third-order valence-electron chi connectivity index (χ3n) is 5.70. The summed E-state index contributed by atoms with van der Waals surface area (Å²) in [5, 5.41) is 3.02. The van der Waals surface area contributed by atoms with E-state index in [1.165, 1.54) is 16.1 Å². The Balaban J connectivity index is 1.72. The number of nitrogens with one attached hydrogen (secondary N) is 1. The van der Waals surface area contributed by atoms with E-state index in [4.69, 9.17) is 0 Å². The van der Waals surface area contributed by atoms with Gasteiger partial charge < -0.3 is 5.32 Å². The van der Waals surface area contributed by atoms with E-state index in [0.29, 0.717) is 24.2 Å². The maximum Gasteiger partial charge on any atom is 0.251 e. The van der Waals surface area contributed by atoms with E-state index in [9.17, 15) is 13.2 Å².